The normalized spacial score (nSPS) is 13.3. The molecule has 0 heterocycles. The van der Waals surface area contributed by atoms with Gasteiger partial charge in [0.1, 0.15) is 29.2 Å². The Morgan fingerprint density at radius 2 is 0.776 bits per heavy atom. The molecule has 0 bridgehead atoms. The summed E-state index contributed by atoms with van der Waals surface area (Å²) in [6.07, 6.45) is 13.4. The molecule has 0 saturated carbocycles. The number of carboxylic acids is 5. The van der Waals surface area contributed by atoms with E-state index in [0.717, 1.165) is 64.2 Å². The Hall–Kier alpha value is -5.03. The van der Waals surface area contributed by atoms with Crippen molar-refractivity contribution in [2.75, 3.05) is 6.54 Å². The van der Waals surface area contributed by atoms with Crippen LogP contribution in [0.15, 0.2) is 0 Å². The lowest BCUT2D eigenvalue weighted by Crippen LogP contribution is -2.41. The average molecular weight is 955 g/mol. The molecular weight excluding hydrogens is 873 g/mol. The zero-order valence-electron chi connectivity index (χ0n) is 40.0. The summed E-state index contributed by atoms with van der Waals surface area (Å²) in [4.78, 5) is 132. The standard InChI is InChI=1S/C49H80N2O16.H2/c1-34(35(2)52)19-17-18-30-50-43(56)29-27-42(49(66)67)51-44(57)28-24-38(48(64)65)33-41(55)26-23-37(47(62)63)32-40(54)25-22-36(46(60)61)31-39(53)20-15-13-11-9-7-5-3-4-6-8-10-12-14-16-21-45(58)59;/h34,36-38,42H,3-33H2,1-2H3,(H,50,56)(H,51,57)(H,58,59)(H,60,61)(H,62,63)(H,64,65)(H,66,67);1H/t34-,36+,37+,38+,42-;/m0./s1. The molecule has 0 unspecified atom stereocenters. The maximum atomic E-state index is 12.7. The fraction of sp³-hybridized carbons (Fsp3) is 0.776. The fourth-order valence-electron chi connectivity index (χ4n) is 7.66. The molecule has 0 aliphatic heterocycles. The van der Waals surface area contributed by atoms with Crippen molar-refractivity contribution in [2.45, 2.75) is 213 Å². The van der Waals surface area contributed by atoms with Crippen molar-refractivity contribution in [3.05, 3.63) is 0 Å². The van der Waals surface area contributed by atoms with Crippen molar-refractivity contribution >= 4 is 64.8 Å². The molecular formula is C49H82N2O16. The molecule has 18 heteroatoms. The monoisotopic (exact) mass is 955 g/mol. The summed E-state index contributed by atoms with van der Waals surface area (Å²) in [5.74, 6) is -12.5. The van der Waals surface area contributed by atoms with Crippen molar-refractivity contribution in [3.63, 3.8) is 0 Å². The first kappa shape index (κ1) is 62.0. The molecule has 0 aromatic heterocycles. The summed E-state index contributed by atoms with van der Waals surface area (Å²) < 4.78 is 0. The van der Waals surface area contributed by atoms with E-state index in [1.807, 2.05) is 6.92 Å². The summed E-state index contributed by atoms with van der Waals surface area (Å²) in [6.45, 7) is 3.68. The molecule has 384 valence electrons. The van der Waals surface area contributed by atoms with Crippen LogP contribution in [0.5, 0.6) is 0 Å². The maximum Gasteiger partial charge on any atom is 0.326 e. The van der Waals surface area contributed by atoms with Crippen LogP contribution in [-0.4, -0.2) is 103 Å². The molecule has 2 amide bonds. The van der Waals surface area contributed by atoms with E-state index in [0.29, 0.717) is 25.8 Å². The summed E-state index contributed by atoms with van der Waals surface area (Å²) in [5, 5.41) is 52.2. The molecule has 0 aliphatic rings. The van der Waals surface area contributed by atoms with Crippen LogP contribution in [0.2, 0.25) is 0 Å². The largest absolute Gasteiger partial charge is 0.481 e. The van der Waals surface area contributed by atoms with Crippen molar-refractivity contribution < 1.29 is 79.7 Å². The van der Waals surface area contributed by atoms with Gasteiger partial charge in [0, 0.05) is 71.7 Å². The van der Waals surface area contributed by atoms with Crippen LogP contribution in [-0.2, 0) is 52.7 Å². The van der Waals surface area contributed by atoms with Crippen LogP contribution in [0.1, 0.15) is 208 Å². The summed E-state index contributed by atoms with van der Waals surface area (Å²) >= 11 is 0. The minimum Gasteiger partial charge on any atom is -0.481 e. The number of carboxylic acid groups (broad SMARTS) is 5. The van der Waals surface area contributed by atoms with Crippen LogP contribution >= 0.6 is 0 Å². The van der Waals surface area contributed by atoms with Gasteiger partial charge in [0.25, 0.3) is 0 Å². The van der Waals surface area contributed by atoms with E-state index >= 15 is 0 Å². The zero-order chi connectivity index (χ0) is 50.6. The smallest absolute Gasteiger partial charge is 0.326 e. The number of nitrogens with one attached hydrogen (secondary N) is 2. The predicted octanol–water partition coefficient (Wildman–Crippen LogP) is 7.74. The first-order chi connectivity index (χ1) is 31.7. The summed E-state index contributed by atoms with van der Waals surface area (Å²) in [6, 6.07) is -1.43. The average Bonchev–Trinajstić information content (AvgIpc) is 3.25. The van der Waals surface area contributed by atoms with Crippen molar-refractivity contribution in [1.29, 1.82) is 0 Å². The molecule has 18 nitrogen and oxygen atoms in total. The Morgan fingerprint density at radius 3 is 1.16 bits per heavy atom. The van der Waals surface area contributed by atoms with Crippen LogP contribution in [0.25, 0.3) is 0 Å². The number of Topliss-reactive ketones (excluding diaryl/α,β-unsaturated/α-hetero) is 4. The SMILES string of the molecule is CC(=O)[C@@H](C)CCCCNC(=O)CC[C@H](NC(=O)CC[C@H](CC(=O)CC[C@H](CC(=O)CC[C@H](CC(=O)CCCCCCCCCCCCCCCCC(=O)O)C(=O)O)C(=O)O)C(=O)O)C(=O)O.[HH]. The number of amides is 2. The topological polar surface area (TPSA) is 313 Å². The highest BCUT2D eigenvalue weighted by Gasteiger charge is 2.28. The van der Waals surface area contributed by atoms with Crippen molar-refractivity contribution in [2.24, 2.45) is 23.7 Å². The second kappa shape index (κ2) is 38.0. The first-order valence-corrected chi connectivity index (χ1v) is 24.5. The Bertz CT molecular complexity index is 1590. The van der Waals surface area contributed by atoms with E-state index in [-0.39, 0.29) is 83.1 Å². The molecule has 5 atom stereocenters. The number of carbonyl (C=O) groups is 11. The lowest BCUT2D eigenvalue weighted by molar-refractivity contribution is -0.146. The van der Waals surface area contributed by atoms with Crippen LogP contribution in [0, 0.1) is 23.7 Å². The van der Waals surface area contributed by atoms with Gasteiger partial charge in [-0.05, 0) is 58.3 Å². The molecule has 0 saturated heterocycles. The number of unbranched alkanes of at least 4 members (excludes halogenated alkanes) is 14. The van der Waals surface area contributed by atoms with Gasteiger partial charge in [-0.25, -0.2) is 4.79 Å². The molecule has 0 aromatic carbocycles. The highest BCUT2D eigenvalue weighted by atomic mass is 16.4. The van der Waals surface area contributed by atoms with Gasteiger partial charge in [0.05, 0.1) is 17.8 Å². The van der Waals surface area contributed by atoms with Gasteiger partial charge in [-0.2, -0.15) is 0 Å². The van der Waals surface area contributed by atoms with E-state index in [9.17, 15) is 73.2 Å². The summed E-state index contributed by atoms with van der Waals surface area (Å²) in [5.41, 5.74) is 0. The molecule has 0 aliphatic carbocycles. The molecule has 7 N–H and O–H groups in total. The number of hydrogen-bond donors (Lipinski definition) is 7. The van der Waals surface area contributed by atoms with E-state index in [4.69, 9.17) is 5.11 Å². The third-order valence-corrected chi connectivity index (χ3v) is 12.2. The van der Waals surface area contributed by atoms with Crippen molar-refractivity contribution in [3.8, 4) is 0 Å². The summed E-state index contributed by atoms with van der Waals surface area (Å²) in [7, 11) is 0. The van der Waals surface area contributed by atoms with Gasteiger partial charge >= 0.3 is 29.8 Å². The predicted molar refractivity (Wildman–Crippen MR) is 249 cm³/mol. The number of ketones is 4. The van der Waals surface area contributed by atoms with E-state index < -0.39 is 96.3 Å². The van der Waals surface area contributed by atoms with Gasteiger partial charge < -0.3 is 36.2 Å². The Kier molecular flexibility index (Phi) is 35.1. The van der Waals surface area contributed by atoms with Crippen LogP contribution in [0.3, 0.4) is 0 Å². The van der Waals surface area contributed by atoms with Crippen LogP contribution < -0.4 is 10.6 Å². The third kappa shape index (κ3) is 34.9. The number of rotatable bonds is 46. The number of aliphatic carboxylic acids is 5. The first-order valence-electron chi connectivity index (χ1n) is 24.5. The maximum absolute atomic E-state index is 12.7. The molecule has 0 rings (SSSR count). The van der Waals surface area contributed by atoms with Gasteiger partial charge in [-0.1, -0.05) is 90.4 Å². The zero-order valence-corrected chi connectivity index (χ0v) is 40.0. The van der Waals surface area contributed by atoms with Crippen molar-refractivity contribution in [1.82, 2.24) is 10.6 Å². The second-order valence-electron chi connectivity index (χ2n) is 18.1. The molecule has 0 fully saturated rings. The Morgan fingerprint density at radius 1 is 0.403 bits per heavy atom. The fourth-order valence-corrected chi connectivity index (χ4v) is 7.66. The van der Waals surface area contributed by atoms with Gasteiger partial charge in [0.15, 0.2) is 0 Å². The second-order valence-corrected chi connectivity index (χ2v) is 18.1. The lowest BCUT2D eigenvalue weighted by Gasteiger charge is -2.16. The Labute approximate surface area is 397 Å². The van der Waals surface area contributed by atoms with E-state index in [1.165, 1.54) is 32.6 Å². The van der Waals surface area contributed by atoms with Gasteiger partial charge in [0.2, 0.25) is 11.8 Å². The molecule has 0 radical (unpaired) electrons. The highest BCUT2D eigenvalue weighted by molar-refractivity contribution is 5.88. The number of hydrogen-bond acceptors (Lipinski definition) is 11. The minimum atomic E-state index is -1.43. The molecule has 67 heavy (non-hydrogen) atoms. The minimum absolute atomic E-state index is 0. The van der Waals surface area contributed by atoms with E-state index in [1.54, 1.807) is 0 Å². The van der Waals surface area contributed by atoms with E-state index in [2.05, 4.69) is 10.6 Å². The lowest BCUT2D eigenvalue weighted by atomic mass is 9.89. The third-order valence-electron chi connectivity index (χ3n) is 12.2. The quantitative estimate of drug-likeness (QED) is 0.0287. The van der Waals surface area contributed by atoms with Gasteiger partial charge in [-0.3, -0.25) is 47.9 Å². The number of carbonyl (C=O) groups excluding carboxylic acids is 6. The van der Waals surface area contributed by atoms with Crippen LogP contribution in [0.4, 0.5) is 0 Å². The highest BCUT2D eigenvalue weighted by Crippen LogP contribution is 2.22. The molecule has 0 aromatic rings. The molecule has 0 spiro atoms. The Balaban J connectivity index is 0. The van der Waals surface area contributed by atoms with Gasteiger partial charge in [-0.15, -0.1) is 0 Å².